The third-order valence-corrected chi connectivity index (χ3v) is 7.06. The molecule has 0 aliphatic rings. The van der Waals surface area contributed by atoms with Gasteiger partial charge < -0.3 is 10.8 Å². The van der Waals surface area contributed by atoms with Gasteiger partial charge in [-0.05, 0) is 47.9 Å². The summed E-state index contributed by atoms with van der Waals surface area (Å²) in [5, 5.41) is 20.8. The Morgan fingerprint density at radius 1 is 0.857 bits per heavy atom. The fourth-order valence-electron chi connectivity index (χ4n) is 3.24. The van der Waals surface area contributed by atoms with E-state index in [2.05, 4.69) is 15.0 Å². The Labute approximate surface area is 223 Å². The summed E-state index contributed by atoms with van der Waals surface area (Å²) in [6, 6.07) is 18.8. The van der Waals surface area contributed by atoms with E-state index in [4.69, 9.17) is 5.73 Å². The van der Waals surface area contributed by atoms with Gasteiger partial charge in [-0.15, -0.1) is 10.2 Å². The van der Waals surface area contributed by atoms with Gasteiger partial charge >= 0.3 is 29.6 Å². The molecule has 0 bridgehead atoms. The van der Waals surface area contributed by atoms with E-state index in [-0.39, 0.29) is 62.3 Å². The molecule has 0 aromatic heterocycles. The number of anilines is 2. The zero-order chi connectivity index (χ0) is 24.5. The minimum absolute atomic E-state index is 0. The number of rotatable bonds is 6. The van der Waals surface area contributed by atoms with E-state index in [9.17, 15) is 26.5 Å². The molecule has 0 aliphatic carbocycles. The van der Waals surface area contributed by atoms with Crippen LogP contribution in [0.15, 0.2) is 98.9 Å². The van der Waals surface area contributed by atoms with Crippen molar-refractivity contribution in [3.63, 3.8) is 0 Å². The topological polar surface area (TPSA) is 174 Å². The Hall–Kier alpha value is -3.00. The quantitative estimate of drug-likeness (QED) is 0.147. The summed E-state index contributed by atoms with van der Waals surface area (Å²) >= 11 is 0. The largest absolute Gasteiger partial charge is 1.00 e. The number of nitrogens with zero attached hydrogens (tertiary/aromatic N) is 2. The zero-order valence-electron chi connectivity index (χ0n) is 18.3. The number of hydrogen-bond acceptors (Lipinski definition) is 8. The number of hydrogen-bond donors (Lipinski definition) is 3. The van der Waals surface area contributed by atoms with Gasteiger partial charge in [-0.25, -0.2) is 8.42 Å². The van der Waals surface area contributed by atoms with Crippen molar-refractivity contribution in [2.45, 2.75) is 9.79 Å². The predicted molar refractivity (Wildman–Crippen MR) is 125 cm³/mol. The molecule has 0 amide bonds. The van der Waals surface area contributed by atoms with Gasteiger partial charge in [-0.3, -0.25) is 9.27 Å². The molecule has 174 valence electrons. The van der Waals surface area contributed by atoms with Crippen molar-refractivity contribution in [3.8, 4) is 5.75 Å². The van der Waals surface area contributed by atoms with Crippen molar-refractivity contribution in [2.75, 3.05) is 10.5 Å². The van der Waals surface area contributed by atoms with Gasteiger partial charge in [0, 0.05) is 11.1 Å². The first-order valence-corrected chi connectivity index (χ1v) is 12.6. The van der Waals surface area contributed by atoms with E-state index in [1.165, 1.54) is 30.3 Å². The maximum atomic E-state index is 12.9. The molecule has 0 unspecified atom stereocenters. The Morgan fingerprint density at radius 2 is 1.51 bits per heavy atom. The van der Waals surface area contributed by atoms with Crippen LogP contribution in [0.5, 0.6) is 5.75 Å². The Bertz CT molecular complexity index is 1640. The molecule has 0 spiro atoms. The van der Waals surface area contributed by atoms with Gasteiger partial charge in [0.25, 0.3) is 20.1 Å². The van der Waals surface area contributed by atoms with Crippen LogP contribution < -0.4 is 45.1 Å². The van der Waals surface area contributed by atoms with Crippen LogP contribution >= 0.6 is 0 Å². The molecular formula is C22H17N4NaO6S2. The zero-order valence-corrected chi connectivity index (χ0v) is 21.9. The molecule has 13 heteroatoms. The molecule has 0 radical (unpaired) electrons. The van der Waals surface area contributed by atoms with Crippen LogP contribution in [0, 0.1) is 0 Å². The number of azo groups is 1. The first kappa shape index (κ1) is 26.6. The third kappa shape index (κ3) is 5.81. The van der Waals surface area contributed by atoms with E-state index in [0.29, 0.717) is 5.69 Å². The average Bonchev–Trinajstić information content (AvgIpc) is 2.78. The van der Waals surface area contributed by atoms with Crippen LogP contribution in [-0.4, -0.2) is 21.4 Å². The van der Waals surface area contributed by atoms with Gasteiger partial charge in [-0.2, -0.15) is 8.42 Å². The summed E-state index contributed by atoms with van der Waals surface area (Å²) in [4.78, 5) is -0.724. The van der Waals surface area contributed by atoms with Crippen LogP contribution in [0.25, 0.3) is 10.8 Å². The van der Waals surface area contributed by atoms with Crippen molar-refractivity contribution >= 4 is 53.7 Å². The number of nitrogens with two attached hydrogens (primary N) is 1. The second-order valence-corrected chi connectivity index (χ2v) is 10.2. The molecule has 10 nitrogen and oxygen atoms in total. The van der Waals surface area contributed by atoms with E-state index >= 15 is 0 Å². The Kier molecular flexibility index (Phi) is 7.84. The van der Waals surface area contributed by atoms with Gasteiger partial charge in [0.05, 0.1) is 10.6 Å². The number of nitrogens with one attached hydrogen (secondary N) is 1. The summed E-state index contributed by atoms with van der Waals surface area (Å²) in [6.45, 7) is 0. The summed E-state index contributed by atoms with van der Waals surface area (Å²) in [7, 11) is -8.62. The van der Waals surface area contributed by atoms with E-state index in [0.717, 1.165) is 12.1 Å². The summed E-state index contributed by atoms with van der Waals surface area (Å²) in [5.41, 5.74) is 6.33. The molecule has 0 saturated carbocycles. The minimum atomic E-state index is -4.60. The maximum absolute atomic E-state index is 12.9. The van der Waals surface area contributed by atoms with Crippen molar-refractivity contribution in [3.05, 3.63) is 78.9 Å². The van der Waals surface area contributed by atoms with E-state index in [1.54, 1.807) is 36.4 Å². The molecule has 0 heterocycles. The number of nitrogen functional groups attached to an aromatic ring is 1. The molecular weight excluding hydrogens is 503 g/mol. The molecule has 4 rings (SSSR count). The predicted octanol–water partition coefficient (Wildman–Crippen LogP) is 0.962. The smallest absolute Gasteiger partial charge is 0.872 e. The van der Waals surface area contributed by atoms with Gasteiger partial charge in [0.15, 0.2) is 0 Å². The monoisotopic (exact) mass is 520 g/mol. The van der Waals surface area contributed by atoms with Gasteiger partial charge in [-0.1, -0.05) is 42.1 Å². The molecule has 4 aromatic carbocycles. The van der Waals surface area contributed by atoms with Crippen LogP contribution in [-0.2, 0) is 20.1 Å². The average molecular weight is 521 g/mol. The third-order valence-electron chi connectivity index (χ3n) is 4.80. The van der Waals surface area contributed by atoms with Crippen molar-refractivity contribution in [2.24, 2.45) is 10.2 Å². The molecule has 0 aliphatic heterocycles. The minimum Gasteiger partial charge on any atom is -0.872 e. The standard InChI is InChI=1S/C22H18N4O6S2.Na/c23-17-11-10-14-12-16(34(30,31)32)13-19(27)21(14)22(17)25-24-18-8-4-5-9-20(18)33(28,29)26-15-6-2-1-3-7-15;/h1-13,26-27H,23H2,(H,30,31,32);/q;+1/p-1. The first-order valence-electron chi connectivity index (χ1n) is 9.66. The van der Waals surface area contributed by atoms with Crippen molar-refractivity contribution < 1.29 is 56.1 Å². The molecule has 0 saturated heterocycles. The van der Waals surface area contributed by atoms with E-state index in [1.807, 2.05) is 0 Å². The molecule has 4 N–H and O–H groups in total. The molecule has 0 fully saturated rings. The second kappa shape index (κ2) is 10.3. The fourth-order valence-corrected chi connectivity index (χ4v) is 4.97. The maximum Gasteiger partial charge on any atom is 1.00 e. The van der Waals surface area contributed by atoms with Crippen LogP contribution in [0.2, 0.25) is 0 Å². The SMILES string of the molecule is Nc1ccc2cc(S(=O)(=O)O)cc([O-])c2c1N=Nc1ccccc1S(=O)(=O)Nc1ccccc1.[Na+]. The number of fused-ring (bicyclic) bond motifs is 1. The summed E-state index contributed by atoms with van der Waals surface area (Å²) in [6.07, 6.45) is 0. The van der Waals surface area contributed by atoms with E-state index < -0.39 is 30.8 Å². The fraction of sp³-hybridized carbons (Fsp3) is 0. The molecule has 35 heavy (non-hydrogen) atoms. The van der Waals surface area contributed by atoms with Gasteiger partial charge in [0.1, 0.15) is 16.3 Å². The number of benzene rings is 4. The number of sulfonamides is 1. The van der Waals surface area contributed by atoms with Crippen LogP contribution in [0.4, 0.5) is 22.7 Å². The first-order chi connectivity index (χ1) is 16.1. The van der Waals surface area contributed by atoms with Crippen molar-refractivity contribution in [1.29, 1.82) is 0 Å². The summed E-state index contributed by atoms with van der Waals surface area (Å²) < 4.78 is 60.5. The molecule has 0 atom stereocenters. The number of para-hydroxylation sites is 1. The second-order valence-electron chi connectivity index (χ2n) is 7.14. The summed E-state index contributed by atoms with van der Waals surface area (Å²) in [5.74, 6) is -0.752. The van der Waals surface area contributed by atoms with Crippen molar-refractivity contribution in [1.82, 2.24) is 0 Å². The van der Waals surface area contributed by atoms with Crippen LogP contribution in [0.3, 0.4) is 0 Å². The normalized spacial score (nSPS) is 11.9. The van der Waals surface area contributed by atoms with Gasteiger partial charge in [0.2, 0.25) is 0 Å². The van der Waals surface area contributed by atoms with Crippen LogP contribution in [0.1, 0.15) is 0 Å². The Balaban J connectivity index is 0.00000342. The Morgan fingerprint density at radius 3 is 2.20 bits per heavy atom. The molecule has 4 aromatic rings.